The van der Waals surface area contributed by atoms with Crippen LogP contribution in [0.25, 0.3) is 22.5 Å². The minimum atomic E-state index is -0.554. The molecule has 386 valence electrons. The van der Waals surface area contributed by atoms with Crippen LogP contribution in [0.3, 0.4) is 0 Å². The first-order valence-electron chi connectivity index (χ1n) is 25.3. The van der Waals surface area contributed by atoms with Crippen molar-refractivity contribution in [3.63, 3.8) is 0 Å². The van der Waals surface area contributed by atoms with Crippen LogP contribution in [-0.4, -0.2) is 150 Å². The van der Waals surface area contributed by atoms with Crippen LogP contribution in [0.4, 0.5) is 29.0 Å². The predicted molar refractivity (Wildman–Crippen MR) is 284 cm³/mol. The van der Waals surface area contributed by atoms with Crippen molar-refractivity contribution in [1.82, 2.24) is 39.7 Å². The summed E-state index contributed by atoms with van der Waals surface area (Å²) < 4.78 is 38.0. The van der Waals surface area contributed by atoms with E-state index in [4.69, 9.17) is 55.0 Å². The second-order valence-electron chi connectivity index (χ2n) is 18.3. The normalized spacial score (nSPS) is 18.8. The number of fused-ring (bicyclic) bond motifs is 14. The van der Waals surface area contributed by atoms with Crippen LogP contribution >= 0.6 is 11.6 Å². The van der Waals surface area contributed by atoms with Gasteiger partial charge in [-0.25, -0.2) is 29.9 Å². The quantitative estimate of drug-likeness (QED) is 0.133. The molecule has 2 aromatic carbocycles. The zero-order chi connectivity index (χ0) is 50.5. The third kappa shape index (κ3) is 12.7. The van der Waals surface area contributed by atoms with E-state index in [1.165, 1.54) is 12.8 Å². The lowest BCUT2D eigenvalue weighted by Gasteiger charge is -2.37. The molecular weight excluding hydrogens is 962 g/mol. The Balaban J connectivity index is 1.06. The number of rotatable bonds is 9. The van der Waals surface area contributed by atoms with Gasteiger partial charge in [0.05, 0.1) is 75.9 Å². The molecule has 8 heterocycles. The molecule has 1 unspecified atom stereocenters. The van der Waals surface area contributed by atoms with E-state index < -0.39 is 6.04 Å². The van der Waals surface area contributed by atoms with Crippen molar-refractivity contribution in [3.8, 4) is 45.8 Å². The number of ether oxygens (including phenoxy) is 6. The van der Waals surface area contributed by atoms with Crippen LogP contribution in [-0.2, 0) is 22.7 Å². The number of halogens is 1. The van der Waals surface area contributed by atoms with Crippen molar-refractivity contribution in [3.05, 3.63) is 126 Å². The van der Waals surface area contributed by atoms with E-state index in [1.807, 2.05) is 54.6 Å². The number of hydrogen-bond donors (Lipinski definition) is 2. The number of methoxy groups -OCH3 is 1. The summed E-state index contributed by atoms with van der Waals surface area (Å²) in [7, 11) is 1.60. The van der Waals surface area contributed by atoms with Gasteiger partial charge in [-0.15, -0.1) is 0 Å². The van der Waals surface area contributed by atoms with Crippen LogP contribution in [0, 0.1) is 0 Å². The molecule has 4 aromatic heterocycles. The average molecular weight is 1020 g/mol. The summed E-state index contributed by atoms with van der Waals surface area (Å²) in [5.74, 6) is 2.78. The maximum absolute atomic E-state index is 9.68. The van der Waals surface area contributed by atoms with Gasteiger partial charge in [0.15, 0.2) is 5.75 Å². The highest BCUT2D eigenvalue weighted by Crippen LogP contribution is 2.37. The van der Waals surface area contributed by atoms with E-state index in [9.17, 15) is 5.11 Å². The summed E-state index contributed by atoms with van der Waals surface area (Å²) in [6, 6.07) is 19.2. The molecule has 0 spiro atoms. The Kier molecular flexibility index (Phi) is 17.0. The molecule has 0 aliphatic carbocycles. The molecule has 10 rings (SSSR count). The Labute approximate surface area is 436 Å². The molecule has 74 heavy (non-hydrogen) atoms. The smallest absolute Gasteiger partial charge is 0.231 e. The monoisotopic (exact) mass is 1020 g/mol. The van der Waals surface area contributed by atoms with E-state index in [1.54, 1.807) is 31.9 Å². The van der Waals surface area contributed by atoms with Crippen LogP contribution < -0.4 is 34.1 Å². The van der Waals surface area contributed by atoms with Gasteiger partial charge in [0, 0.05) is 103 Å². The Bertz CT molecular complexity index is 2900. The SMILES string of the molecule is COc1cnc2nc1-c1ccnc(c1)OCC/C=C/COCc1cc(ccc1N1CCN(CCO)CC1)N2C1/C=C/COCc2cc(ccc2OCCN2CCCC2)Nc2ncc(Cl)c(n2)-c2ccnc(c2)OC1. The van der Waals surface area contributed by atoms with Gasteiger partial charge < -0.3 is 48.6 Å². The number of nitrogens with zero attached hydrogens (tertiary/aromatic N) is 10. The number of nitrogens with one attached hydrogen (secondary N) is 1. The van der Waals surface area contributed by atoms with E-state index in [-0.39, 0.29) is 26.4 Å². The summed E-state index contributed by atoms with van der Waals surface area (Å²) in [4.78, 5) is 38.0. The second kappa shape index (κ2) is 24.9. The molecule has 1 atom stereocenters. The number of piperazine rings is 1. The van der Waals surface area contributed by atoms with E-state index in [0.29, 0.717) is 90.8 Å². The van der Waals surface area contributed by atoms with E-state index in [0.717, 1.165) is 85.3 Å². The summed E-state index contributed by atoms with van der Waals surface area (Å²) in [6.07, 6.45) is 17.9. The molecule has 0 amide bonds. The number of pyridine rings is 2. The Hall–Kier alpha value is -6.93. The Morgan fingerprint density at radius 2 is 1.50 bits per heavy atom. The second-order valence-corrected chi connectivity index (χ2v) is 18.7. The fourth-order valence-corrected chi connectivity index (χ4v) is 9.71. The van der Waals surface area contributed by atoms with Crippen LogP contribution in [0.15, 0.2) is 110 Å². The fraction of sp³-hybridized carbons (Fsp3) is 0.382. The molecule has 2 saturated heterocycles. The first-order chi connectivity index (χ1) is 36.5. The molecule has 18 nitrogen and oxygen atoms in total. The Morgan fingerprint density at radius 3 is 2.31 bits per heavy atom. The third-order valence-corrected chi connectivity index (χ3v) is 13.6. The lowest BCUT2D eigenvalue weighted by atomic mass is 10.1. The molecular formula is C55H62ClN11O7. The van der Waals surface area contributed by atoms with Gasteiger partial charge >= 0.3 is 0 Å². The molecule has 12 bridgehead atoms. The van der Waals surface area contributed by atoms with Crippen molar-refractivity contribution >= 4 is 40.6 Å². The zero-order valence-corrected chi connectivity index (χ0v) is 42.4. The standard InChI is InChI=1S/C55H62ClN11O7/c1-69-49-35-60-55-63-53(49)40-14-16-57-50(33-40)73-28-6-2-5-26-70-36-41-31-44(10-11-47(41)66-21-19-65(20-22-66)23-25-68)67(55)45-8-7-27-71-37-42-30-43(9-12-48(42)72-29-24-64-17-3-4-18-64)61-54-59-34-46(56)52(62-54)39-13-15-58-51(32-39)74-38-45/h2,5,7-16,30-35,45,68H,3-4,6,17-29,36-38H2,1H3,(H,59,61,62)/b5-2+,8-7+. The highest BCUT2D eigenvalue weighted by Gasteiger charge is 2.28. The van der Waals surface area contributed by atoms with Crippen molar-refractivity contribution in [1.29, 1.82) is 0 Å². The zero-order valence-electron chi connectivity index (χ0n) is 41.7. The first-order valence-corrected chi connectivity index (χ1v) is 25.7. The van der Waals surface area contributed by atoms with Gasteiger partial charge in [0.25, 0.3) is 0 Å². The fourth-order valence-electron chi connectivity index (χ4n) is 9.51. The average Bonchev–Trinajstić information content (AvgIpc) is 3.96. The van der Waals surface area contributed by atoms with Crippen molar-refractivity contribution in [2.24, 2.45) is 0 Å². The Morgan fingerprint density at radius 1 is 0.730 bits per heavy atom. The highest BCUT2D eigenvalue weighted by molar-refractivity contribution is 6.32. The first kappa shape index (κ1) is 50.6. The highest BCUT2D eigenvalue weighted by atomic mass is 35.5. The van der Waals surface area contributed by atoms with Crippen molar-refractivity contribution in [2.45, 2.75) is 38.5 Å². The predicted octanol–water partition coefficient (Wildman–Crippen LogP) is 7.91. The molecule has 4 aliphatic heterocycles. The van der Waals surface area contributed by atoms with Crippen molar-refractivity contribution in [2.75, 3.05) is 114 Å². The number of anilines is 5. The van der Waals surface area contributed by atoms with Crippen LogP contribution in [0.1, 0.15) is 30.4 Å². The van der Waals surface area contributed by atoms with Gasteiger partial charge in [0.1, 0.15) is 24.7 Å². The maximum Gasteiger partial charge on any atom is 0.231 e. The minimum Gasteiger partial charge on any atom is -0.493 e. The topological polar surface area (TPSA) is 178 Å². The van der Waals surface area contributed by atoms with Gasteiger partial charge in [-0.1, -0.05) is 35.9 Å². The molecule has 2 fully saturated rings. The van der Waals surface area contributed by atoms with Gasteiger partial charge in [-0.3, -0.25) is 9.80 Å². The molecule has 0 saturated carbocycles. The molecule has 19 heteroatoms. The maximum atomic E-state index is 9.68. The summed E-state index contributed by atoms with van der Waals surface area (Å²) in [5, 5.41) is 13.4. The number of aliphatic hydroxyl groups excluding tert-OH is 1. The third-order valence-electron chi connectivity index (χ3n) is 13.3. The van der Waals surface area contributed by atoms with E-state index in [2.05, 4.69) is 70.2 Å². The summed E-state index contributed by atoms with van der Waals surface area (Å²) >= 11 is 6.82. The number of β-amino-alcohol motifs (C(OH)–C–C–N with tert-alkyl or cyclic N) is 1. The molecule has 0 radical (unpaired) electrons. The number of likely N-dealkylation sites (tertiary alicyclic amines) is 1. The van der Waals surface area contributed by atoms with Crippen LogP contribution in [0.2, 0.25) is 5.02 Å². The minimum absolute atomic E-state index is 0.0947. The molecule has 6 aromatic rings. The molecule has 2 N–H and O–H groups in total. The number of aliphatic hydroxyl groups is 1. The van der Waals surface area contributed by atoms with Gasteiger partial charge in [-0.05, 0) is 80.9 Å². The lowest BCUT2D eigenvalue weighted by molar-refractivity contribution is 0.144. The molecule has 4 aliphatic rings. The lowest BCUT2D eigenvalue weighted by Crippen LogP contribution is -2.47. The number of benzene rings is 2. The van der Waals surface area contributed by atoms with Gasteiger partial charge in [0.2, 0.25) is 23.7 Å². The number of aromatic nitrogens is 6. The largest absolute Gasteiger partial charge is 0.493 e. The van der Waals surface area contributed by atoms with Gasteiger partial charge in [-0.2, -0.15) is 0 Å². The summed E-state index contributed by atoms with van der Waals surface area (Å²) in [5.41, 5.74) is 7.00. The van der Waals surface area contributed by atoms with E-state index >= 15 is 0 Å². The summed E-state index contributed by atoms with van der Waals surface area (Å²) in [6.45, 7) is 9.46. The van der Waals surface area contributed by atoms with Crippen molar-refractivity contribution < 1.29 is 33.5 Å². The number of hydrogen-bond acceptors (Lipinski definition) is 18. The van der Waals surface area contributed by atoms with Crippen LogP contribution in [0.5, 0.6) is 23.3 Å².